The van der Waals surface area contributed by atoms with Crippen molar-refractivity contribution < 1.29 is 4.79 Å². The van der Waals surface area contributed by atoms with Crippen LogP contribution in [0.5, 0.6) is 0 Å². The quantitative estimate of drug-likeness (QED) is 0.519. The van der Waals surface area contributed by atoms with Gasteiger partial charge in [-0.25, -0.2) is 0 Å². The predicted octanol–water partition coefficient (Wildman–Crippen LogP) is 5.27. The Bertz CT molecular complexity index is 1040. The number of pyridine rings is 1. The van der Waals surface area contributed by atoms with E-state index >= 15 is 0 Å². The Morgan fingerprint density at radius 3 is 2.44 bits per heavy atom. The zero-order valence-electron chi connectivity index (χ0n) is 18.9. The largest absolute Gasteiger partial charge is 0.353 e. The number of rotatable bonds is 6. The number of benzene rings is 1. The van der Waals surface area contributed by atoms with E-state index < -0.39 is 0 Å². The highest BCUT2D eigenvalue weighted by atomic mass is 32.2. The van der Waals surface area contributed by atoms with E-state index in [9.17, 15) is 4.79 Å². The highest BCUT2D eigenvalue weighted by molar-refractivity contribution is 7.99. The van der Waals surface area contributed by atoms with Gasteiger partial charge in [0.25, 0.3) is 0 Å². The van der Waals surface area contributed by atoms with Crippen LogP contribution in [-0.2, 0) is 4.79 Å². The first-order valence-corrected chi connectivity index (χ1v) is 12.5. The fraction of sp³-hybridized carbons (Fsp3) is 0.440. The maximum Gasteiger partial charge on any atom is 0.230 e. The van der Waals surface area contributed by atoms with Crippen molar-refractivity contribution in [3.8, 4) is 17.1 Å². The third-order valence-corrected chi connectivity index (χ3v) is 7.05. The molecule has 0 bridgehead atoms. The smallest absolute Gasteiger partial charge is 0.230 e. The lowest BCUT2D eigenvalue weighted by molar-refractivity contribution is -0.119. The fourth-order valence-corrected chi connectivity index (χ4v) is 4.91. The monoisotopic (exact) mass is 449 g/mol. The summed E-state index contributed by atoms with van der Waals surface area (Å²) in [6, 6.07) is 10.5. The molecule has 7 heteroatoms. The van der Waals surface area contributed by atoms with Crippen LogP contribution in [0.2, 0.25) is 0 Å². The van der Waals surface area contributed by atoms with Crippen molar-refractivity contribution in [2.45, 2.75) is 70.0 Å². The molecule has 0 aliphatic heterocycles. The zero-order chi connectivity index (χ0) is 22.3. The first kappa shape index (κ1) is 22.5. The van der Waals surface area contributed by atoms with Gasteiger partial charge < -0.3 is 5.32 Å². The third kappa shape index (κ3) is 5.57. The van der Waals surface area contributed by atoms with Gasteiger partial charge in [-0.05, 0) is 62.1 Å². The molecule has 4 rings (SSSR count). The van der Waals surface area contributed by atoms with Crippen molar-refractivity contribution >= 4 is 17.7 Å². The molecule has 1 aliphatic carbocycles. The van der Waals surface area contributed by atoms with E-state index in [4.69, 9.17) is 0 Å². The van der Waals surface area contributed by atoms with Crippen LogP contribution in [0.4, 0.5) is 0 Å². The summed E-state index contributed by atoms with van der Waals surface area (Å²) in [5.41, 5.74) is 4.37. The van der Waals surface area contributed by atoms with Crippen LogP contribution in [0, 0.1) is 13.8 Å². The number of carbonyl (C=O) groups is 1. The molecule has 0 atom stereocenters. The minimum absolute atomic E-state index is 0.0701. The molecule has 0 unspecified atom stereocenters. The SMILES string of the molecule is Cc1ccc(-n2c(SCC(=O)NC3CCCCCCC3)nnc2-c2ccncc2)cc1C. The lowest BCUT2D eigenvalue weighted by atomic mass is 9.97. The molecule has 1 aliphatic rings. The summed E-state index contributed by atoms with van der Waals surface area (Å²) in [4.78, 5) is 16.8. The van der Waals surface area contributed by atoms with Gasteiger partial charge in [-0.1, -0.05) is 49.9 Å². The first-order chi connectivity index (χ1) is 15.6. The molecular formula is C25H31N5OS. The lowest BCUT2D eigenvalue weighted by Gasteiger charge is -2.21. The minimum atomic E-state index is 0.0701. The number of carbonyl (C=O) groups excluding carboxylic acids is 1. The summed E-state index contributed by atoms with van der Waals surface area (Å²) in [6.07, 6.45) is 12.0. The molecule has 0 radical (unpaired) electrons. The molecule has 1 aromatic carbocycles. The number of hydrogen-bond donors (Lipinski definition) is 1. The van der Waals surface area contributed by atoms with Gasteiger partial charge in [0.2, 0.25) is 5.91 Å². The summed E-state index contributed by atoms with van der Waals surface area (Å²) < 4.78 is 2.04. The normalized spacial score (nSPS) is 15.2. The Kier molecular flexibility index (Phi) is 7.58. The van der Waals surface area contributed by atoms with Gasteiger partial charge in [-0.2, -0.15) is 0 Å². The number of thioether (sulfide) groups is 1. The number of hydrogen-bond acceptors (Lipinski definition) is 5. The van der Waals surface area contributed by atoms with E-state index in [2.05, 4.69) is 52.5 Å². The standard InChI is InChI=1S/C25H31N5OS/c1-18-10-11-22(16-19(18)2)30-24(20-12-14-26-15-13-20)28-29-25(30)32-17-23(31)27-21-8-6-4-3-5-7-9-21/h10-16,21H,3-9,17H2,1-2H3,(H,27,31). The van der Waals surface area contributed by atoms with E-state index in [0.717, 1.165) is 29.9 Å². The number of nitrogens with one attached hydrogen (secondary N) is 1. The van der Waals surface area contributed by atoms with E-state index in [1.54, 1.807) is 12.4 Å². The number of aromatic nitrogens is 4. The lowest BCUT2D eigenvalue weighted by Crippen LogP contribution is -2.36. The molecule has 32 heavy (non-hydrogen) atoms. The molecule has 1 N–H and O–H groups in total. The van der Waals surface area contributed by atoms with E-state index in [-0.39, 0.29) is 5.91 Å². The first-order valence-electron chi connectivity index (χ1n) is 11.5. The second kappa shape index (κ2) is 10.8. The molecule has 3 aromatic rings. The van der Waals surface area contributed by atoms with Crippen molar-refractivity contribution in [3.05, 3.63) is 53.9 Å². The molecule has 0 saturated heterocycles. The maximum atomic E-state index is 12.7. The van der Waals surface area contributed by atoms with Gasteiger partial charge >= 0.3 is 0 Å². The highest BCUT2D eigenvalue weighted by Crippen LogP contribution is 2.28. The number of nitrogens with zero attached hydrogens (tertiary/aromatic N) is 4. The van der Waals surface area contributed by atoms with Crippen LogP contribution in [0.25, 0.3) is 17.1 Å². The van der Waals surface area contributed by atoms with Gasteiger partial charge in [0.1, 0.15) is 0 Å². The molecule has 1 saturated carbocycles. The van der Waals surface area contributed by atoms with Crippen LogP contribution < -0.4 is 5.32 Å². The predicted molar refractivity (Wildman–Crippen MR) is 129 cm³/mol. The van der Waals surface area contributed by atoms with E-state index in [1.807, 2.05) is 16.7 Å². The Morgan fingerprint density at radius 1 is 1.00 bits per heavy atom. The third-order valence-electron chi connectivity index (χ3n) is 6.12. The van der Waals surface area contributed by atoms with Crippen LogP contribution in [-0.4, -0.2) is 37.5 Å². The Labute approximate surface area is 194 Å². The van der Waals surface area contributed by atoms with Crippen molar-refractivity contribution in [1.82, 2.24) is 25.1 Å². The minimum Gasteiger partial charge on any atom is -0.353 e. The second-order valence-electron chi connectivity index (χ2n) is 8.54. The summed E-state index contributed by atoms with van der Waals surface area (Å²) in [6.45, 7) is 4.20. The summed E-state index contributed by atoms with van der Waals surface area (Å²) >= 11 is 1.44. The van der Waals surface area contributed by atoms with E-state index in [1.165, 1.54) is 55.0 Å². The summed E-state index contributed by atoms with van der Waals surface area (Å²) in [5, 5.41) is 12.9. The molecular weight excluding hydrogens is 418 g/mol. The van der Waals surface area contributed by atoms with Crippen molar-refractivity contribution in [3.63, 3.8) is 0 Å². The average Bonchev–Trinajstić information content (AvgIpc) is 3.20. The van der Waals surface area contributed by atoms with Gasteiger partial charge in [0.15, 0.2) is 11.0 Å². The second-order valence-corrected chi connectivity index (χ2v) is 9.49. The molecule has 0 spiro atoms. The number of aryl methyl sites for hydroxylation is 2. The van der Waals surface area contributed by atoms with Crippen molar-refractivity contribution in [1.29, 1.82) is 0 Å². The molecule has 6 nitrogen and oxygen atoms in total. The average molecular weight is 450 g/mol. The number of amides is 1. The van der Waals surface area contributed by atoms with Crippen molar-refractivity contribution in [2.24, 2.45) is 0 Å². The summed E-state index contributed by atoms with van der Waals surface area (Å²) in [7, 11) is 0. The van der Waals surface area contributed by atoms with Gasteiger partial charge in [-0.3, -0.25) is 14.3 Å². The Balaban J connectivity index is 1.53. The fourth-order valence-electron chi connectivity index (χ4n) is 4.15. The molecule has 1 amide bonds. The van der Waals surface area contributed by atoms with Gasteiger partial charge in [0, 0.05) is 24.0 Å². The van der Waals surface area contributed by atoms with Gasteiger partial charge in [0.05, 0.1) is 11.4 Å². The molecule has 2 aromatic heterocycles. The van der Waals surface area contributed by atoms with Crippen LogP contribution in [0.15, 0.2) is 47.9 Å². The Morgan fingerprint density at radius 2 is 1.72 bits per heavy atom. The van der Waals surface area contributed by atoms with Crippen LogP contribution >= 0.6 is 11.8 Å². The maximum absolute atomic E-state index is 12.7. The molecule has 2 heterocycles. The molecule has 1 fully saturated rings. The topological polar surface area (TPSA) is 72.7 Å². The van der Waals surface area contributed by atoms with Gasteiger partial charge in [-0.15, -0.1) is 10.2 Å². The van der Waals surface area contributed by atoms with Crippen LogP contribution in [0.1, 0.15) is 56.1 Å². The highest BCUT2D eigenvalue weighted by Gasteiger charge is 2.19. The summed E-state index contributed by atoms with van der Waals surface area (Å²) in [5.74, 6) is 1.15. The Hall–Kier alpha value is -2.67. The van der Waals surface area contributed by atoms with Crippen LogP contribution in [0.3, 0.4) is 0 Å². The molecule has 168 valence electrons. The zero-order valence-corrected chi connectivity index (χ0v) is 19.7. The van der Waals surface area contributed by atoms with E-state index in [0.29, 0.717) is 17.0 Å². The van der Waals surface area contributed by atoms with Crippen molar-refractivity contribution in [2.75, 3.05) is 5.75 Å².